The Bertz CT molecular complexity index is 1670. The van der Waals surface area contributed by atoms with Crippen molar-refractivity contribution in [2.75, 3.05) is 11.8 Å². The van der Waals surface area contributed by atoms with Crippen molar-refractivity contribution in [2.45, 2.75) is 4.90 Å². The fourth-order valence-electron chi connectivity index (χ4n) is 3.63. The Balaban J connectivity index is 1.60. The van der Waals surface area contributed by atoms with Crippen LogP contribution in [0.25, 0.3) is 33.5 Å². The van der Waals surface area contributed by atoms with Crippen LogP contribution in [-0.2, 0) is 10.0 Å². The van der Waals surface area contributed by atoms with E-state index >= 15 is 8.78 Å². The second kappa shape index (κ2) is 8.43. The number of H-pyrrole nitrogens is 2. The Hall–Kier alpha value is -4.39. The van der Waals surface area contributed by atoms with Crippen molar-refractivity contribution in [2.24, 2.45) is 0 Å². The lowest BCUT2D eigenvalue weighted by atomic mass is 10.0. The third kappa shape index (κ3) is 3.75. The van der Waals surface area contributed by atoms with Crippen LogP contribution in [0.1, 0.15) is 0 Å². The molecule has 178 valence electrons. The molecule has 3 N–H and O–H groups in total. The topological polar surface area (TPSA) is 126 Å². The Morgan fingerprint density at radius 3 is 2.57 bits per heavy atom. The number of anilines is 1. The number of imidazole rings is 1. The predicted octanol–water partition coefficient (Wildman–Crippen LogP) is 4.24. The van der Waals surface area contributed by atoms with Gasteiger partial charge in [0, 0.05) is 29.5 Å². The van der Waals surface area contributed by atoms with Crippen LogP contribution >= 0.6 is 0 Å². The van der Waals surface area contributed by atoms with E-state index in [1.165, 1.54) is 43.8 Å². The molecule has 0 saturated heterocycles. The third-order valence-electron chi connectivity index (χ3n) is 5.22. The Morgan fingerprint density at radius 1 is 1.00 bits per heavy atom. The molecule has 0 aliphatic heterocycles. The average Bonchev–Trinajstić information content (AvgIpc) is 3.52. The van der Waals surface area contributed by atoms with Crippen molar-refractivity contribution < 1.29 is 26.3 Å². The number of hydrogen-bond donors (Lipinski definition) is 3. The standard InChI is InChI=1S/C22H15F3N6O3S/c1-34-22-15(3-2-8-28-22)35(32,33)31-14-7-6-13(23)16(18(14)25)11-4-5-12-19(17(11)24)29-30-20(12)21-26-9-10-27-21/h2-10,31H,1H3,(H,26,27)(H,29,30). The highest BCUT2D eigenvalue weighted by Crippen LogP contribution is 2.37. The summed E-state index contributed by atoms with van der Waals surface area (Å²) in [6, 6.07) is 6.92. The zero-order valence-electron chi connectivity index (χ0n) is 17.8. The SMILES string of the molecule is COc1ncccc1S(=O)(=O)Nc1ccc(F)c(-c2ccc3c(-c4ncc[nH]4)n[nH]c3c2F)c1F. The van der Waals surface area contributed by atoms with Gasteiger partial charge < -0.3 is 9.72 Å². The lowest BCUT2D eigenvalue weighted by Crippen LogP contribution is -2.16. The lowest BCUT2D eigenvalue weighted by Gasteiger charge is -2.14. The average molecular weight is 500 g/mol. The summed E-state index contributed by atoms with van der Waals surface area (Å²) in [4.78, 5) is 10.4. The number of hydrogen-bond acceptors (Lipinski definition) is 6. The van der Waals surface area contributed by atoms with Crippen LogP contribution in [0.2, 0.25) is 0 Å². The fourth-order valence-corrected chi connectivity index (χ4v) is 4.82. The first-order chi connectivity index (χ1) is 16.8. The van der Waals surface area contributed by atoms with E-state index in [1.807, 2.05) is 4.72 Å². The quantitative estimate of drug-likeness (QED) is 0.320. The smallest absolute Gasteiger partial charge is 0.267 e. The summed E-state index contributed by atoms with van der Waals surface area (Å²) in [6.45, 7) is 0. The second-order valence-corrected chi connectivity index (χ2v) is 8.91. The summed E-state index contributed by atoms with van der Waals surface area (Å²) in [5.41, 5.74) is -1.55. The van der Waals surface area contributed by atoms with Gasteiger partial charge in [0.05, 0.1) is 18.4 Å². The summed E-state index contributed by atoms with van der Waals surface area (Å²) in [6.07, 6.45) is 4.39. The molecular formula is C22H15F3N6O3S. The molecular weight excluding hydrogens is 485 g/mol. The zero-order valence-corrected chi connectivity index (χ0v) is 18.6. The predicted molar refractivity (Wildman–Crippen MR) is 121 cm³/mol. The fraction of sp³-hybridized carbons (Fsp3) is 0.0455. The molecule has 5 aromatic rings. The van der Waals surface area contributed by atoms with Crippen LogP contribution in [0.5, 0.6) is 5.88 Å². The number of fused-ring (bicyclic) bond motifs is 1. The minimum absolute atomic E-state index is 0.0984. The molecule has 3 aromatic heterocycles. The number of nitrogens with zero attached hydrogens (tertiary/aromatic N) is 3. The second-order valence-electron chi connectivity index (χ2n) is 7.26. The van der Waals surface area contributed by atoms with Crippen LogP contribution in [0.4, 0.5) is 18.9 Å². The maximum Gasteiger partial charge on any atom is 0.267 e. The lowest BCUT2D eigenvalue weighted by molar-refractivity contribution is 0.385. The van der Waals surface area contributed by atoms with Gasteiger partial charge >= 0.3 is 0 Å². The van der Waals surface area contributed by atoms with E-state index in [4.69, 9.17) is 4.74 Å². The number of aromatic nitrogens is 5. The van der Waals surface area contributed by atoms with Gasteiger partial charge in [-0.25, -0.2) is 31.6 Å². The van der Waals surface area contributed by atoms with Gasteiger partial charge in [-0.3, -0.25) is 9.82 Å². The Morgan fingerprint density at radius 2 is 1.83 bits per heavy atom. The third-order valence-corrected chi connectivity index (χ3v) is 6.60. The number of pyridine rings is 1. The van der Waals surface area contributed by atoms with E-state index in [2.05, 4.69) is 25.1 Å². The van der Waals surface area contributed by atoms with E-state index in [0.717, 1.165) is 12.1 Å². The Kier molecular flexibility index (Phi) is 5.40. The number of halogens is 3. The molecule has 0 unspecified atom stereocenters. The molecule has 0 saturated carbocycles. The highest BCUT2D eigenvalue weighted by atomic mass is 32.2. The Labute approximate surface area is 196 Å². The number of ether oxygens (including phenoxy) is 1. The van der Waals surface area contributed by atoms with Crippen molar-refractivity contribution in [3.05, 3.63) is 72.4 Å². The first-order valence-electron chi connectivity index (χ1n) is 9.98. The van der Waals surface area contributed by atoms with Crippen molar-refractivity contribution in [3.63, 3.8) is 0 Å². The highest BCUT2D eigenvalue weighted by molar-refractivity contribution is 7.92. The number of sulfonamides is 1. The molecule has 0 aliphatic carbocycles. The van der Waals surface area contributed by atoms with Gasteiger partial charge in [0.15, 0.2) is 17.5 Å². The van der Waals surface area contributed by atoms with Crippen LogP contribution in [0, 0.1) is 17.5 Å². The first-order valence-corrected chi connectivity index (χ1v) is 11.5. The van der Waals surface area contributed by atoms with E-state index in [0.29, 0.717) is 16.9 Å². The monoisotopic (exact) mass is 500 g/mol. The maximum absolute atomic E-state index is 15.4. The van der Waals surface area contributed by atoms with Gasteiger partial charge in [0.1, 0.15) is 21.9 Å². The molecule has 0 atom stereocenters. The van der Waals surface area contributed by atoms with Gasteiger partial charge in [-0.05, 0) is 30.3 Å². The largest absolute Gasteiger partial charge is 0.480 e. The minimum Gasteiger partial charge on any atom is -0.480 e. The molecule has 0 fully saturated rings. The van der Waals surface area contributed by atoms with Crippen LogP contribution in [0.3, 0.4) is 0 Å². The first kappa shape index (κ1) is 22.4. The normalized spacial score (nSPS) is 11.7. The van der Waals surface area contributed by atoms with E-state index in [9.17, 15) is 12.8 Å². The van der Waals surface area contributed by atoms with Crippen molar-refractivity contribution >= 4 is 26.6 Å². The number of aromatic amines is 2. The molecule has 9 nitrogen and oxygen atoms in total. The summed E-state index contributed by atoms with van der Waals surface area (Å²) in [5, 5.41) is 6.89. The molecule has 13 heteroatoms. The molecule has 35 heavy (non-hydrogen) atoms. The molecule has 0 aliphatic rings. The van der Waals surface area contributed by atoms with Gasteiger partial charge in [0.2, 0.25) is 5.88 Å². The van der Waals surface area contributed by atoms with Crippen molar-refractivity contribution in [1.82, 2.24) is 25.1 Å². The van der Waals surface area contributed by atoms with Crippen LogP contribution in [-0.4, -0.2) is 40.7 Å². The molecule has 0 spiro atoms. The molecule has 3 heterocycles. The maximum atomic E-state index is 15.4. The molecule has 0 amide bonds. The number of nitrogens with one attached hydrogen (secondary N) is 3. The molecule has 2 aromatic carbocycles. The van der Waals surface area contributed by atoms with E-state index in [-0.39, 0.29) is 16.3 Å². The van der Waals surface area contributed by atoms with Crippen LogP contribution in [0.15, 0.2) is 59.9 Å². The summed E-state index contributed by atoms with van der Waals surface area (Å²) in [5.74, 6) is -3.21. The molecule has 5 rings (SSSR count). The van der Waals surface area contributed by atoms with Gasteiger partial charge in [-0.15, -0.1) is 0 Å². The summed E-state index contributed by atoms with van der Waals surface area (Å²) < 4.78 is 78.3. The molecule has 0 radical (unpaired) electrons. The molecule has 0 bridgehead atoms. The summed E-state index contributed by atoms with van der Waals surface area (Å²) >= 11 is 0. The number of benzene rings is 2. The van der Waals surface area contributed by atoms with Crippen molar-refractivity contribution in [1.29, 1.82) is 0 Å². The zero-order chi connectivity index (χ0) is 24.7. The number of methoxy groups -OCH3 is 1. The van der Waals surface area contributed by atoms with Crippen LogP contribution < -0.4 is 9.46 Å². The van der Waals surface area contributed by atoms with Crippen molar-refractivity contribution in [3.8, 4) is 28.5 Å². The van der Waals surface area contributed by atoms with Gasteiger partial charge in [0.25, 0.3) is 10.0 Å². The van der Waals surface area contributed by atoms with Gasteiger partial charge in [-0.1, -0.05) is 6.07 Å². The van der Waals surface area contributed by atoms with E-state index < -0.39 is 44.3 Å². The van der Waals surface area contributed by atoms with Gasteiger partial charge in [-0.2, -0.15) is 5.10 Å². The minimum atomic E-state index is -4.38. The summed E-state index contributed by atoms with van der Waals surface area (Å²) in [7, 11) is -3.15. The number of rotatable bonds is 6. The highest BCUT2D eigenvalue weighted by Gasteiger charge is 2.26. The van der Waals surface area contributed by atoms with E-state index in [1.54, 1.807) is 6.20 Å².